The molecule has 0 aliphatic heterocycles. The number of rotatable bonds is 7. The Morgan fingerprint density at radius 3 is 2.17 bits per heavy atom. The van der Waals surface area contributed by atoms with Crippen LogP contribution in [0.2, 0.25) is 18.1 Å². The van der Waals surface area contributed by atoms with Gasteiger partial charge in [-0.1, -0.05) is 72.3 Å². The Balaban J connectivity index is 1.85. The minimum absolute atomic E-state index is 0.214. The van der Waals surface area contributed by atoms with Crippen LogP contribution in [0.1, 0.15) is 11.1 Å². The summed E-state index contributed by atoms with van der Waals surface area (Å²) in [7, 11) is -2.87. The van der Waals surface area contributed by atoms with Crippen molar-refractivity contribution in [3.8, 4) is 11.5 Å². The van der Waals surface area contributed by atoms with Crippen LogP contribution in [0.3, 0.4) is 0 Å². The lowest BCUT2D eigenvalue weighted by Crippen LogP contribution is -2.43. The van der Waals surface area contributed by atoms with Crippen molar-refractivity contribution in [3.63, 3.8) is 0 Å². The van der Waals surface area contributed by atoms with E-state index in [0.29, 0.717) is 32.8 Å². The fourth-order valence-corrected chi connectivity index (χ4v) is 5.25. The summed E-state index contributed by atoms with van der Waals surface area (Å²) >= 11 is 5.89. The summed E-state index contributed by atoms with van der Waals surface area (Å²) in [5, 5.41) is 1.29. The zero-order chi connectivity index (χ0) is 21.7. The van der Waals surface area contributed by atoms with Gasteiger partial charge >= 0.3 is 0 Å². The van der Waals surface area contributed by atoms with E-state index >= 15 is 4.39 Å². The van der Waals surface area contributed by atoms with Crippen LogP contribution in [0.15, 0.2) is 84.1 Å². The lowest BCUT2D eigenvalue weighted by atomic mass is 10.1. The number of hydrogen-bond donors (Lipinski definition) is 0. The van der Waals surface area contributed by atoms with Crippen LogP contribution in [0.25, 0.3) is 0 Å². The van der Waals surface area contributed by atoms with Gasteiger partial charge in [0.25, 0.3) is 0 Å². The zero-order valence-electron chi connectivity index (χ0n) is 16.8. The lowest BCUT2D eigenvalue weighted by molar-refractivity contribution is 0.472. The first-order valence-electron chi connectivity index (χ1n) is 9.52. The van der Waals surface area contributed by atoms with Crippen LogP contribution >= 0.6 is 11.6 Å². The van der Waals surface area contributed by atoms with Gasteiger partial charge in [-0.3, -0.25) is 0 Å². The van der Waals surface area contributed by atoms with Crippen molar-refractivity contribution < 1.29 is 17.9 Å². The van der Waals surface area contributed by atoms with Gasteiger partial charge in [0.05, 0.1) is 0 Å². The minimum Gasteiger partial charge on any atom is -0.457 e. The van der Waals surface area contributed by atoms with Crippen molar-refractivity contribution in [2.75, 3.05) is 0 Å². The molecule has 3 aromatic rings. The summed E-state index contributed by atoms with van der Waals surface area (Å²) in [6, 6.07) is 20.4. The number of hydrogen-bond acceptors (Lipinski definition) is 1. The van der Waals surface area contributed by atoms with Gasteiger partial charge in [-0.05, 0) is 35.9 Å². The fraction of sp³-hybridized carbons (Fsp3) is 0.167. The first-order valence-corrected chi connectivity index (χ1v) is 12.9. The molecular weight excluding hydrogens is 425 g/mol. The van der Waals surface area contributed by atoms with Gasteiger partial charge in [0, 0.05) is 17.0 Å². The summed E-state index contributed by atoms with van der Waals surface area (Å²) in [6.07, 6.45) is -0.214. The fourth-order valence-electron chi connectivity index (χ4n) is 3.10. The van der Waals surface area contributed by atoms with Crippen molar-refractivity contribution in [1.29, 1.82) is 0 Å². The topological polar surface area (TPSA) is 9.23 Å². The molecule has 6 heteroatoms. The maximum absolute atomic E-state index is 15.2. The van der Waals surface area contributed by atoms with Gasteiger partial charge < -0.3 is 4.74 Å². The normalized spacial score (nSPS) is 12.5. The summed E-state index contributed by atoms with van der Waals surface area (Å²) in [5.74, 6) is 0.197. The summed E-state index contributed by atoms with van der Waals surface area (Å²) < 4.78 is 48.7. The second kappa shape index (κ2) is 9.54. The third-order valence-corrected chi connectivity index (χ3v) is 8.37. The molecule has 0 atom stereocenters. The largest absolute Gasteiger partial charge is 0.457 e. The average Bonchev–Trinajstić information content (AvgIpc) is 2.76. The van der Waals surface area contributed by atoms with E-state index in [1.165, 1.54) is 0 Å². The Morgan fingerprint density at radius 1 is 0.900 bits per heavy atom. The van der Waals surface area contributed by atoms with Crippen molar-refractivity contribution >= 4 is 24.9 Å². The third-order valence-electron chi connectivity index (χ3n) is 4.98. The molecule has 1 nitrogen and oxygen atoms in total. The molecule has 156 valence electrons. The van der Waals surface area contributed by atoms with Crippen LogP contribution in [-0.2, 0) is 13.1 Å². The van der Waals surface area contributed by atoms with Crippen LogP contribution in [0.4, 0.5) is 13.2 Å². The maximum Gasteiger partial charge on any atom is 0.151 e. The number of allylic oxidation sites excluding steroid dienone is 1. The second-order valence-electron chi connectivity index (χ2n) is 7.51. The first-order chi connectivity index (χ1) is 14.3. The Hall–Kier alpha value is -2.50. The van der Waals surface area contributed by atoms with Gasteiger partial charge in [0.15, 0.2) is 8.07 Å². The van der Waals surface area contributed by atoms with Gasteiger partial charge in [0.2, 0.25) is 0 Å². The second-order valence-corrected chi connectivity index (χ2v) is 12.2. The lowest BCUT2D eigenvalue weighted by Gasteiger charge is -2.22. The number of benzene rings is 3. The highest BCUT2D eigenvalue weighted by molar-refractivity contribution is 6.95. The number of ether oxygens (including phenoxy) is 1. The van der Waals surface area contributed by atoms with E-state index < -0.39 is 26.0 Å². The quantitative estimate of drug-likeness (QED) is 0.342. The molecule has 0 radical (unpaired) electrons. The van der Waals surface area contributed by atoms with Crippen molar-refractivity contribution in [2.45, 2.75) is 26.2 Å². The SMILES string of the molecule is C[Si](C)(C(F)=C(F)Cc1ccccc1Oc1ccc(Cl)cc1)c1ccc(CF)cc1. The van der Waals surface area contributed by atoms with E-state index in [1.807, 2.05) is 0 Å². The molecule has 0 saturated carbocycles. The van der Waals surface area contributed by atoms with Gasteiger partial charge in [-0.2, -0.15) is 0 Å². The van der Waals surface area contributed by atoms with Crippen LogP contribution in [0, 0.1) is 0 Å². The molecule has 0 unspecified atom stereocenters. The van der Waals surface area contributed by atoms with Crippen LogP contribution in [0.5, 0.6) is 11.5 Å². The van der Waals surface area contributed by atoms with E-state index in [1.54, 1.807) is 85.9 Å². The van der Waals surface area contributed by atoms with Crippen molar-refractivity contribution in [3.05, 3.63) is 100 Å². The molecule has 0 fully saturated rings. The predicted molar refractivity (Wildman–Crippen MR) is 119 cm³/mol. The van der Waals surface area contributed by atoms with Crippen molar-refractivity contribution in [1.82, 2.24) is 0 Å². The molecule has 0 N–H and O–H groups in total. The van der Waals surface area contributed by atoms with Crippen molar-refractivity contribution in [2.24, 2.45) is 0 Å². The van der Waals surface area contributed by atoms with Gasteiger partial charge in [-0.25, -0.2) is 13.2 Å². The summed E-state index contributed by atoms with van der Waals surface area (Å²) in [4.78, 5) is 0. The molecule has 0 saturated heterocycles. The van der Waals surface area contributed by atoms with Gasteiger partial charge in [-0.15, -0.1) is 0 Å². The number of para-hydroxylation sites is 1. The Kier molecular flexibility index (Phi) is 7.05. The van der Waals surface area contributed by atoms with E-state index in [4.69, 9.17) is 16.3 Å². The molecule has 3 aromatic carbocycles. The number of halogens is 4. The standard InChI is InChI=1S/C24H22ClF3OSi/c1-30(2,21-13-7-17(16-26)8-14-21)24(28)22(27)15-18-5-3-4-6-23(18)29-20-11-9-19(25)10-12-20/h3-14H,15-16H2,1-2H3. The molecule has 0 aromatic heterocycles. The Labute approximate surface area is 180 Å². The Bertz CT molecular complexity index is 1030. The highest BCUT2D eigenvalue weighted by Gasteiger charge is 2.32. The molecule has 0 aliphatic rings. The smallest absolute Gasteiger partial charge is 0.151 e. The molecule has 3 rings (SSSR count). The molecule has 0 spiro atoms. The van der Waals surface area contributed by atoms with Crippen LogP contribution < -0.4 is 9.92 Å². The van der Waals surface area contributed by atoms with E-state index in [2.05, 4.69) is 0 Å². The molecule has 0 bridgehead atoms. The first kappa shape index (κ1) is 22.2. The van der Waals surface area contributed by atoms with Crippen LogP contribution in [-0.4, -0.2) is 8.07 Å². The van der Waals surface area contributed by atoms with E-state index in [-0.39, 0.29) is 6.42 Å². The Morgan fingerprint density at radius 2 is 1.53 bits per heavy atom. The average molecular weight is 447 g/mol. The predicted octanol–water partition coefficient (Wildman–Crippen LogP) is 7.45. The highest BCUT2D eigenvalue weighted by atomic mass is 35.5. The molecule has 0 amide bonds. The van der Waals surface area contributed by atoms with Gasteiger partial charge in [0.1, 0.15) is 29.5 Å². The molecule has 0 aliphatic carbocycles. The summed E-state index contributed by atoms with van der Waals surface area (Å²) in [6.45, 7) is 2.89. The summed E-state index contributed by atoms with van der Waals surface area (Å²) in [5.41, 5.74) is 0.330. The number of alkyl halides is 1. The van der Waals surface area contributed by atoms with E-state index in [0.717, 1.165) is 0 Å². The third kappa shape index (κ3) is 5.15. The van der Waals surface area contributed by atoms with E-state index in [9.17, 15) is 8.78 Å². The minimum atomic E-state index is -2.87. The molecule has 30 heavy (non-hydrogen) atoms. The monoisotopic (exact) mass is 446 g/mol. The molecule has 0 heterocycles. The molecular formula is C24H22ClF3OSi. The highest BCUT2D eigenvalue weighted by Crippen LogP contribution is 2.30. The maximum atomic E-state index is 15.2. The zero-order valence-corrected chi connectivity index (χ0v) is 18.5.